The Bertz CT molecular complexity index is 571. The Kier molecular flexibility index (Phi) is 4.87. The highest BCUT2D eigenvalue weighted by Crippen LogP contribution is 2.31. The quantitative estimate of drug-likeness (QED) is 0.802. The van der Waals surface area contributed by atoms with Crippen LogP contribution in [0.4, 0.5) is 10.5 Å². The monoisotopic (exact) mass is 319 g/mol. The minimum Gasteiger partial charge on any atom is -0.335 e. The summed E-state index contributed by atoms with van der Waals surface area (Å²) in [5.41, 5.74) is 1.83. The fourth-order valence-corrected chi connectivity index (χ4v) is 3.69. The fraction of sp³-hybridized carbons (Fsp3) is 0.500. The van der Waals surface area contributed by atoms with Crippen LogP contribution in [0.5, 0.6) is 0 Å². The van der Waals surface area contributed by atoms with Gasteiger partial charge in [-0.3, -0.25) is 4.79 Å². The summed E-state index contributed by atoms with van der Waals surface area (Å²) in [5.74, 6) is 0.492. The van der Waals surface area contributed by atoms with Gasteiger partial charge in [0.2, 0.25) is 5.91 Å². The third kappa shape index (κ3) is 3.94. The predicted octanol–water partition coefficient (Wildman–Crippen LogP) is 2.86. The van der Waals surface area contributed by atoms with Gasteiger partial charge in [-0.2, -0.15) is 0 Å². The van der Waals surface area contributed by atoms with Crippen molar-refractivity contribution in [3.8, 4) is 0 Å². The third-order valence-corrected chi connectivity index (χ3v) is 5.14. The van der Waals surface area contributed by atoms with Crippen LogP contribution in [0.25, 0.3) is 0 Å². The van der Waals surface area contributed by atoms with Crippen molar-refractivity contribution in [2.75, 3.05) is 11.1 Å². The molecule has 3 N–H and O–H groups in total. The summed E-state index contributed by atoms with van der Waals surface area (Å²) in [7, 11) is 0. The van der Waals surface area contributed by atoms with Gasteiger partial charge < -0.3 is 16.0 Å². The molecule has 1 aromatic carbocycles. The molecule has 0 aromatic heterocycles. The van der Waals surface area contributed by atoms with E-state index in [0.29, 0.717) is 18.3 Å². The van der Waals surface area contributed by atoms with Crippen molar-refractivity contribution in [2.45, 2.75) is 49.6 Å². The largest absolute Gasteiger partial charge is 0.335 e. The van der Waals surface area contributed by atoms with E-state index in [9.17, 15) is 9.59 Å². The number of benzene rings is 1. The Morgan fingerprint density at radius 2 is 2.09 bits per heavy atom. The van der Waals surface area contributed by atoms with Gasteiger partial charge in [-0.1, -0.05) is 25.3 Å². The number of rotatable bonds is 3. The van der Waals surface area contributed by atoms with Crippen LogP contribution >= 0.6 is 11.8 Å². The smallest absolute Gasteiger partial charge is 0.315 e. The van der Waals surface area contributed by atoms with Crippen molar-refractivity contribution in [2.24, 2.45) is 0 Å². The number of anilines is 1. The van der Waals surface area contributed by atoms with Gasteiger partial charge in [0.05, 0.1) is 11.4 Å². The van der Waals surface area contributed by atoms with Gasteiger partial charge in [-0.25, -0.2) is 4.79 Å². The van der Waals surface area contributed by atoms with E-state index in [-0.39, 0.29) is 11.9 Å². The average molecular weight is 319 g/mol. The summed E-state index contributed by atoms with van der Waals surface area (Å²) < 4.78 is 0. The van der Waals surface area contributed by atoms with Crippen LogP contribution in [0, 0.1) is 0 Å². The van der Waals surface area contributed by atoms with E-state index in [1.165, 1.54) is 19.3 Å². The summed E-state index contributed by atoms with van der Waals surface area (Å²) in [4.78, 5) is 24.4. The molecule has 5 nitrogen and oxygen atoms in total. The summed E-state index contributed by atoms with van der Waals surface area (Å²) in [6.45, 7) is 0.465. The van der Waals surface area contributed by atoms with Crippen LogP contribution in [0.15, 0.2) is 23.1 Å². The highest BCUT2D eigenvalue weighted by Gasteiger charge is 2.17. The first-order chi connectivity index (χ1) is 10.7. The van der Waals surface area contributed by atoms with Gasteiger partial charge in [-0.05, 0) is 30.5 Å². The summed E-state index contributed by atoms with van der Waals surface area (Å²) in [5, 5.41) is 8.79. The highest BCUT2D eigenvalue weighted by atomic mass is 32.2. The van der Waals surface area contributed by atoms with Gasteiger partial charge in [0.15, 0.2) is 0 Å². The third-order valence-electron chi connectivity index (χ3n) is 4.07. The van der Waals surface area contributed by atoms with Gasteiger partial charge in [0.25, 0.3) is 0 Å². The zero-order valence-electron chi connectivity index (χ0n) is 12.5. The molecule has 0 radical (unpaired) electrons. The number of hydrogen-bond acceptors (Lipinski definition) is 3. The molecule has 118 valence electrons. The first kappa shape index (κ1) is 15.2. The molecule has 1 heterocycles. The van der Waals surface area contributed by atoms with Crippen molar-refractivity contribution in [1.82, 2.24) is 10.6 Å². The topological polar surface area (TPSA) is 70.2 Å². The molecule has 0 spiro atoms. The maximum Gasteiger partial charge on any atom is 0.315 e. The maximum absolute atomic E-state index is 11.9. The van der Waals surface area contributed by atoms with Crippen molar-refractivity contribution in [1.29, 1.82) is 0 Å². The molecule has 3 amide bonds. The van der Waals surface area contributed by atoms with Crippen LogP contribution in [-0.4, -0.2) is 23.7 Å². The van der Waals surface area contributed by atoms with Crippen molar-refractivity contribution in [3.05, 3.63) is 23.8 Å². The number of thioether (sulfide) groups is 1. The molecule has 3 rings (SSSR count). The van der Waals surface area contributed by atoms with Gasteiger partial charge >= 0.3 is 6.03 Å². The van der Waals surface area contributed by atoms with Crippen LogP contribution in [0.3, 0.4) is 0 Å². The standard InChI is InChI=1S/C16H21N3O2S/c20-15-10-22-14-7-6-11(8-13(14)19-15)9-17-16(21)18-12-4-2-1-3-5-12/h6-8,12H,1-5,9-10H2,(H,19,20)(H2,17,18,21). The molecule has 1 aliphatic carbocycles. The first-order valence-electron chi connectivity index (χ1n) is 7.80. The van der Waals surface area contributed by atoms with Crippen LogP contribution in [0.1, 0.15) is 37.7 Å². The second-order valence-electron chi connectivity index (χ2n) is 5.83. The van der Waals surface area contributed by atoms with Gasteiger partial charge in [0.1, 0.15) is 0 Å². The molecule has 0 saturated heterocycles. The summed E-state index contributed by atoms with van der Waals surface area (Å²) in [6, 6.07) is 6.12. The number of hydrogen-bond donors (Lipinski definition) is 3. The fourth-order valence-electron chi connectivity index (χ4n) is 2.91. The van der Waals surface area contributed by atoms with E-state index >= 15 is 0 Å². The SMILES string of the molecule is O=C1CSc2ccc(CNC(=O)NC3CCCCC3)cc2N1. The van der Waals surface area contributed by atoms with E-state index in [2.05, 4.69) is 16.0 Å². The zero-order chi connectivity index (χ0) is 15.4. The Morgan fingerprint density at radius 3 is 2.91 bits per heavy atom. The maximum atomic E-state index is 11.9. The van der Waals surface area contributed by atoms with Crippen molar-refractivity contribution in [3.63, 3.8) is 0 Å². The van der Waals surface area contributed by atoms with Crippen LogP contribution in [-0.2, 0) is 11.3 Å². The Hall–Kier alpha value is -1.69. The summed E-state index contributed by atoms with van der Waals surface area (Å²) >= 11 is 1.54. The lowest BCUT2D eigenvalue weighted by Crippen LogP contribution is -2.42. The average Bonchev–Trinajstić information content (AvgIpc) is 2.53. The first-order valence-corrected chi connectivity index (χ1v) is 8.79. The molecule has 1 saturated carbocycles. The van der Waals surface area contributed by atoms with E-state index in [1.807, 2.05) is 18.2 Å². The number of urea groups is 1. The number of amides is 3. The van der Waals surface area contributed by atoms with Crippen LogP contribution in [0.2, 0.25) is 0 Å². The van der Waals surface area contributed by atoms with Gasteiger partial charge in [-0.15, -0.1) is 11.8 Å². The van der Waals surface area contributed by atoms with E-state index in [4.69, 9.17) is 0 Å². The molecule has 0 unspecified atom stereocenters. The number of fused-ring (bicyclic) bond motifs is 1. The minimum absolute atomic E-state index is 0.0256. The lowest BCUT2D eigenvalue weighted by Gasteiger charge is -2.23. The van der Waals surface area contributed by atoms with E-state index in [1.54, 1.807) is 11.8 Å². The molecular weight excluding hydrogens is 298 g/mol. The van der Waals surface area contributed by atoms with Crippen molar-refractivity contribution >= 4 is 29.4 Å². The lowest BCUT2D eigenvalue weighted by molar-refractivity contribution is -0.113. The zero-order valence-corrected chi connectivity index (χ0v) is 13.3. The minimum atomic E-state index is -0.108. The Morgan fingerprint density at radius 1 is 1.27 bits per heavy atom. The highest BCUT2D eigenvalue weighted by molar-refractivity contribution is 8.00. The molecule has 6 heteroatoms. The molecule has 0 bridgehead atoms. The molecule has 22 heavy (non-hydrogen) atoms. The van der Waals surface area contributed by atoms with Crippen molar-refractivity contribution < 1.29 is 9.59 Å². The van der Waals surface area contributed by atoms with E-state index in [0.717, 1.165) is 29.0 Å². The Balaban J connectivity index is 1.51. The van der Waals surface area contributed by atoms with Gasteiger partial charge in [0, 0.05) is 17.5 Å². The lowest BCUT2D eigenvalue weighted by atomic mass is 9.96. The molecule has 0 atom stereocenters. The predicted molar refractivity (Wildman–Crippen MR) is 88.0 cm³/mol. The number of nitrogens with one attached hydrogen (secondary N) is 3. The van der Waals surface area contributed by atoms with Crippen LogP contribution < -0.4 is 16.0 Å². The molecular formula is C16H21N3O2S. The second-order valence-corrected chi connectivity index (χ2v) is 6.85. The molecule has 1 aromatic rings. The van der Waals surface area contributed by atoms with E-state index < -0.39 is 0 Å². The number of carbonyl (C=O) groups is 2. The molecule has 1 aliphatic heterocycles. The second kappa shape index (κ2) is 7.05. The molecule has 2 aliphatic rings. The number of carbonyl (C=O) groups excluding carboxylic acids is 2. The normalized spacial score (nSPS) is 18.3. The summed E-state index contributed by atoms with van der Waals surface area (Å²) in [6.07, 6.45) is 5.84. The Labute approximate surface area is 134 Å². The molecule has 1 fully saturated rings.